The van der Waals surface area contributed by atoms with Crippen LogP contribution in [0.4, 0.5) is 0 Å². The molecule has 1 fully saturated rings. The molecule has 1 heterocycles. The van der Waals surface area contributed by atoms with E-state index in [9.17, 15) is 4.79 Å². The Morgan fingerprint density at radius 2 is 2.00 bits per heavy atom. The van der Waals surface area contributed by atoms with Crippen molar-refractivity contribution in [1.82, 2.24) is 4.90 Å². The molecule has 2 aromatic carbocycles. The summed E-state index contributed by atoms with van der Waals surface area (Å²) in [5.41, 5.74) is 6.50. The number of amides is 1. The highest BCUT2D eigenvalue weighted by Crippen LogP contribution is 2.31. The van der Waals surface area contributed by atoms with Crippen LogP contribution in [0.5, 0.6) is 5.75 Å². The first-order valence-electron chi connectivity index (χ1n) is 10.4. The number of fused-ring (bicyclic) bond motifs is 1. The summed E-state index contributed by atoms with van der Waals surface area (Å²) in [6, 6.07) is 12.5. The molecule has 0 aromatic heterocycles. The van der Waals surface area contributed by atoms with E-state index in [2.05, 4.69) is 42.2 Å². The van der Waals surface area contributed by atoms with Gasteiger partial charge in [-0.1, -0.05) is 31.2 Å². The van der Waals surface area contributed by atoms with Crippen LogP contribution in [0.1, 0.15) is 37.7 Å². The highest BCUT2D eigenvalue weighted by atomic mass is 16.7. The molecule has 0 radical (unpaired) electrons. The number of nitrogens with two attached hydrogens (primary N) is 1. The van der Waals surface area contributed by atoms with E-state index in [-0.39, 0.29) is 18.1 Å². The molecule has 0 atom stereocenters. The Bertz CT molecular complexity index is 803. The third-order valence-electron chi connectivity index (χ3n) is 5.56. The maximum absolute atomic E-state index is 11.0. The van der Waals surface area contributed by atoms with Gasteiger partial charge >= 0.3 is 0 Å². The topological polar surface area (TPSA) is 74.0 Å². The normalized spacial score (nSPS) is 19.6. The maximum atomic E-state index is 11.0. The molecule has 29 heavy (non-hydrogen) atoms. The van der Waals surface area contributed by atoms with Gasteiger partial charge in [0.25, 0.3) is 0 Å². The Balaban J connectivity index is 1.49. The highest BCUT2D eigenvalue weighted by molar-refractivity contribution is 5.87. The molecule has 1 aliphatic rings. The molecular formula is C23H32N2O4. The van der Waals surface area contributed by atoms with E-state index in [1.54, 1.807) is 7.11 Å². The third-order valence-corrected chi connectivity index (χ3v) is 5.56. The number of benzene rings is 2. The van der Waals surface area contributed by atoms with Gasteiger partial charge < -0.3 is 24.8 Å². The summed E-state index contributed by atoms with van der Waals surface area (Å²) in [6.07, 6.45) is 2.07. The van der Waals surface area contributed by atoms with Gasteiger partial charge in [0.2, 0.25) is 5.91 Å². The van der Waals surface area contributed by atoms with E-state index in [4.69, 9.17) is 19.9 Å². The van der Waals surface area contributed by atoms with E-state index in [0.29, 0.717) is 26.2 Å². The summed E-state index contributed by atoms with van der Waals surface area (Å²) in [5.74, 6) is 0.842. The van der Waals surface area contributed by atoms with Gasteiger partial charge in [-0.2, -0.15) is 0 Å². The SMILES string of the molecule is CCN(CCCC1OCC(c2cccc3cc(OC)ccc23)CO1)CCC(N)=O. The number of hydrogen-bond acceptors (Lipinski definition) is 5. The first-order chi connectivity index (χ1) is 14.1. The van der Waals surface area contributed by atoms with Gasteiger partial charge in [-0.15, -0.1) is 0 Å². The Kier molecular flexibility index (Phi) is 7.86. The molecule has 0 unspecified atom stereocenters. The highest BCUT2D eigenvalue weighted by Gasteiger charge is 2.24. The van der Waals surface area contributed by atoms with E-state index in [1.165, 1.54) is 16.3 Å². The number of hydrogen-bond donors (Lipinski definition) is 1. The molecule has 158 valence electrons. The second-order valence-electron chi connectivity index (χ2n) is 7.52. The monoisotopic (exact) mass is 400 g/mol. The maximum Gasteiger partial charge on any atom is 0.218 e. The van der Waals surface area contributed by atoms with Crippen molar-refractivity contribution in [2.75, 3.05) is 40.0 Å². The second kappa shape index (κ2) is 10.6. The second-order valence-corrected chi connectivity index (χ2v) is 7.52. The Hall–Kier alpha value is -2.15. The fourth-order valence-corrected chi connectivity index (χ4v) is 3.84. The predicted octanol–water partition coefficient (Wildman–Crippen LogP) is 3.28. The Morgan fingerprint density at radius 3 is 2.69 bits per heavy atom. The minimum atomic E-state index is -0.250. The molecule has 6 heteroatoms. The van der Waals surface area contributed by atoms with Crippen molar-refractivity contribution < 1.29 is 19.0 Å². The molecule has 0 aliphatic carbocycles. The van der Waals surface area contributed by atoms with Crippen molar-refractivity contribution >= 4 is 16.7 Å². The molecule has 3 rings (SSSR count). The number of carbonyl (C=O) groups is 1. The molecule has 1 saturated heterocycles. The predicted molar refractivity (Wildman–Crippen MR) is 114 cm³/mol. The zero-order valence-corrected chi connectivity index (χ0v) is 17.4. The zero-order valence-electron chi connectivity index (χ0n) is 17.4. The summed E-state index contributed by atoms with van der Waals surface area (Å²) in [4.78, 5) is 13.2. The van der Waals surface area contributed by atoms with Crippen molar-refractivity contribution in [3.05, 3.63) is 42.0 Å². The van der Waals surface area contributed by atoms with Gasteiger partial charge in [0, 0.05) is 18.9 Å². The minimum Gasteiger partial charge on any atom is -0.497 e. The Morgan fingerprint density at radius 1 is 1.21 bits per heavy atom. The van der Waals surface area contributed by atoms with Crippen molar-refractivity contribution in [2.45, 2.75) is 38.4 Å². The van der Waals surface area contributed by atoms with Crippen LogP contribution in [0.25, 0.3) is 10.8 Å². The molecule has 0 saturated carbocycles. The molecule has 2 aromatic rings. The van der Waals surface area contributed by atoms with E-state index < -0.39 is 0 Å². The number of ether oxygens (including phenoxy) is 3. The van der Waals surface area contributed by atoms with Gasteiger partial charge in [0.05, 0.1) is 20.3 Å². The molecule has 2 N–H and O–H groups in total. The average Bonchev–Trinajstić information content (AvgIpc) is 2.75. The zero-order chi connectivity index (χ0) is 20.6. The largest absolute Gasteiger partial charge is 0.497 e. The fraction of sp³-hybridized carbons (Fsp3) is 0.522. The van der Waals surface area contributed by atoms with Crippen molar-refractivity contribution in [2.24, 2.45) is 5.73 Å². The number of nitrogens with zero attached hydrogens (tertiary/aromatic N) is 1. The van der Waals surface area contributed by atoms with Gasteiger partial charge in [0.1, 0.15) is 5.75 Å². The summed E-state index contributed by atoms with van der Waals surface area (Å²) in [6.45, 7) is 5.96. The van der Waals surface area contributed by atoms with Crippen LogP contribution in [0.2, 0.25) is 0 Å². The van der Waals surface area contributed by atoms with E-state index in [1.807, 2.05) is 6.07 Å². The van der Waals surface area contributed by atoms with Crippen molar-refractivity contribution in [3.8, 4) is 5.75 Å². The lowest BCUT2D eigenvalue weighted by Gasteiger charge is -2.31. The molecule has 1 amide bonds. The standard InChI is InChI=1S/C23H32N2O4/c1-3-25(13-11-22(24)26)12-5-8-23-28-15-18(16-29-23)20-7-4-6-17-14-19(27-2)9-10-21(17)20/h4,6-7,9-10,14,18,23H,3,5,8,11-13,15-16H2,1-2H3,(H2,24,26). The van der Waals surface area contributed by atoms with E-state index >= 15 is 0 Å². The fourth-order valence-electron chi connectivity index (χ4n) is 3.84. The van der Waals surface area contributed by atoms with Gasteiger partial charge in [-0.3, -0.25) is 4.79 Å². The van der Waals surface area contributed by atoms with Crippen LogP contribution in [0, 0.1) is 0 Å². The quantitative estimate of drug-likeness (QED) is 0.662. The van der Waals surface area contributed by atoms with Gasteiger partial charge in [-0.25, -0.2) is 0 Å². The van der Waals surface area contributed by atoms with Crippen LogP contribution in [0.15, 0.2) is 36.4 Å². The molecule has 1 aliphatic heterocycles. The van der Waals surface area contributed by atoms with Crippen molar-refractivity contribution in [3.63, 3.8) is 0 Å². The number of carbonyl (C=O) groups excluding carboxylic acids is 1. The first kappa shape index (κ1) is 21.6. The van der Waals surface area contributed by atoms with Gasteiger partial charge in [-0.05, 0) is 54.4 Å². The third kappa shape index (κ3) is 5.92. The van der Waals surface area contributed by atoms with Crippen LogP contribution < -0.4 is 10.5 Å². The number of methoxy groups -OCH3 is 1. The lowest BCUT2D eigenvalue weighted by molar-refractivity contribution is -0.190. The Labute approximate surface area is 172 Å². The summed E-state index contributed by atoms with van der Waals surface area (Å²) >= 11 is 0. The van der Waals surface area contributed by atoms with Crippen LogP contribution in [0.3, 0.4) is 0 Å². The lowest BCUT2D eigenvalue weighted by Crippen LogP contribution is -2.33. The summed E-state index contributed by atoms with van der Waals surface area (Å²) in [7, 11) is 1.69. The summed E-state index contributed by atoms with van der Waals surface area (Å²) < 4.78 is 17.4. The molecule has 0 bridgehead atoms. The smallest absolute Gasteiger partial charge is 0.218 e. The lowest BCUT2D eigenvalue weighted by atomic mass is 9.94. The first-order valence-corrected chi connectivity index (χ1v) is 10.4. The van der Waals surface area contributed by atoms with Crippen LogP contribution in [-0.4, -0.2) is 57.1 Å². The van der Waals surface area contributed by atoms with Crippen LogP contribution in [-0.2, 0) is 14.3 Å². The average molecular weight is 401 g/mol. The van der Waals surface area contributed by atoms with Gasteiger partial charge in [0.15, 0.2) is 6.29 Å². The number of primary amides is 1. The van der Waals surface area contributed by atoms with Crippen molar-refractivity contribution in [1.29, 1.82) is 0 Å². The molecule has 0 spiro atoms. The minimum absolute atomic E-state index is 0.156. The van der Waals surface area contributed by atoms with Crippen LogP contribution >= 0.6 is 0 Å². The van der Waals surface area contributed by atoms with E-state index in [0.717, 1.165) is 31.7 Å². The molecular weight excluding hydrogens is 368 g/mol. The number of rotatable bonds is 10. The molecule has 6 nitrogen and oxygen atoms in total. The summed E-state index contributed by atoms with van der Waals surface area (Å²) in [5, 5.41) is 2.39.